The van der Waals surface area contributed by atoms with Crippen LogP contribution in [0, 0.1) is 0 Å². The van der Waals surface area contributed by atoms with Gasteiger partial charge in [0.25, 0.3) is 0 Å². The molecule has 0 aromatic carbocycles. The molecule has 0 aliphatic rings. The Balaban J connectivity index is 3.73. The van der Waals surface area contributed by atoms with E-state index >= 15 is 0 Å². The molecule has 0 aromatic rings. The lowest BCUT2D eigenvalue weighted by Crippen LogP contribution is -2.51. The van der Waals surface area contributed by atoms with Gasteiger partial charge in [-0.2, -0.15) is 11.1 Å². The van der Waals surface area contributed by atoms with Crippen LogP contribution >= 0.6 is 11.1 Å². The molecule has 10 heavy (non-hydrogen) atoms. The van der Waals surface area contributed by atoms with E-state index in [1.807, 2.05) is 28.2 Å². The highest BCUT2D eigenvalue weighted by molar-refractivity contribution is 6.92. The van der Waals surface area contributed by atoms with Gasteiger partial charge in [-0.25, -0.2) is 0 Å². The minimum Gasteiger partial charge on any atom is -0.303 e. The van der Waals surface area contributed by atoms with Crippen molar-refractivity contribution in [2.75, 3.05) is 28.2 Å². The molecular weight excluding hydrogens is 166 g/mol. The second-order valence-corrected chi connectivity index (χ2v) is 4.12. The van der Waals surface area contributed by atoms with Gasteiger partial charge in [-0.3, -0.25) is 9.80 Å². The lowest BCUT2D eigenvalue weighted by atomic mass is 10.7. The molecule has 5 heteroatoms. The molecule has 0 unspecified atom stereocenters. The number of rotatable bonds is 4. The lowest BCUT2D eigenvalue weighted by molar-refractivity contribution is 0.119. The van der Waals surface area contributed by atoms with Crippen LogP contribution in [0.5, 0.6) is 0 Å². The van der Waals surface area contributed by atoms with E-state index in [9.17, 15) is 0 Å². The Labute approximate surface area is 69.9 Å². The van der Waals surface area contributed by atoms with Crippen LogP contribution in [0.4, 0.5) is 0 Å². The molecule has 0 aliphatic heterocycles. The van der Waals surface area contributed by atoms with Crippen LogP contribution in [-0.4, -0.2) is 53.3 Å². The number of halogens is 1. The molecule has 0 aliphatic carbocycles. The fourth-order valence-electron chi connectivity index (χ4n) is 0.896. The maximum Gasteiger partial charge on any atom is 0.197 e. The fraction of sp³-hybridized carbons (Fsp3) is 1.00. The van der Waals surface area contributed by atoms with Crippen molar-refractivity contribution in [2.45, 2.75) is 6.29 Å². The molecule has 0 radical (unpaired) electrons. The predicted octanol–water partition coefficient (Wildman–Crippen LogP) is -0.780. The van der Waals surface area contributed by atoms with E-state index in [1.54, 1.807) is 0 Å². The first-order chi connectivity index (χ1) is 4.59. The van der Waals surface area contributed by atoms with Crippen LogP contribution in [0.15, 0.2) is 0 Å². The minimum absolute atomic E-state index is 0.282. The minimum atomic E-state index is -0.580. The van der Waals surface area contributed by atoms with E-state index in [0.717, 1.165) is 0 Å². The van der Waals surface area contributed by atoms with E-state index < -0.39 is 8.99 Å². The van der Waals surface area contributed by atoms with Crippen molar-refractivity contribution in [3.8, 4) is 0 Å². The average molecular weight is 182 g/mol. The molecule has 1 N–H and O–H groups in total. The number of nitrogens with zero attached hydrogens (tertiary/aromatic N) is 2. The van der Waals surface area contributed by atoms with Crippen molar-refractivity contribution in [3.05, 3.63) is 0 Å². The first-order valence-electron chi connectivity index (χ1n) is 3.21. The van der Waals surface area contributed by atoms with Gasteiger partial charge in [0, 0.05) is 0 Å². The quantitative estimate of drug-likeness (QED) is 0.349. The summed E-state index contributed by atoms with van der Waals surface area (Å²) in [5.41, 5.74) is 0. The molecule has 0 amide bonds. The van der Waals surface area contributed by atoms with Crippen LogP contribution in [-0.2, 0) is 0 Å². The molecule has 0 saturated heterocycles. The molecule has 0 fully saturated rings. The van der Waals surface area contributed by atoms with Gasteiger partial charge in [0.2, 0.25) is 0 Å². The Morgan fingerprint density at radius 1 is 1.20 bits per heavy atom. The van der Waals surface area contributed by atoms with Gasteiger partial charge in [-0.15, -0.1) is 0 Å². The summed E-state index contributed by atoms with van der Waals surface area (Å²) >= 11 is 5.66. The average Bonchev–Trinajstić information content (AvgIpc) is 1.81. The van der Waals surface area contributed by atoms with Crippen molar-refractivity contribution in [3.63, 3.8) is 0 Å². The van der Waals surface area contributed by atoms with E-state index in [0.29, 0.717) is 0 Å². The summed E-state index contributed by atoms with van der Waals surface area (Å²) in [6.45, 7) is 0. The van der Waals surface area contributed by atoms with Gasteiger partial charge in [-0.1, -0.05) is 0 Å². The van der Waals surface area contributed by atoms with Crippen molar-refractivity contribution in [1.82, 2.24) is 14.8 Å². The maximum atomic E-state index is 5.66. The highest BCUT2D eigenvalue weighted by Crippen LogP contribution is 1.90. The fourth-order valence-corrected chi connectivity index (χ4v) is 2.18. The second kappa shape index (κ2) is 5.09. The van der Waals surface area contributed by atoms with Crippen LogP contribution in [0.1, 0.15) is 0 Å². The zero-order valence-electron chi connectivity index (χ0n) is 7.06. The van der Waals surface area contributed by atoms with Crippen molar-refractivity contribution in [1.29, 1.82) is 0 Å². The molecule has 0 spiro atoms. The molecule has 0 bridgehead atoms. The van der Waals surface area contributed by atoms with Crippen molar-refractivity contribution in [2.24, 2.45) is 0 Å². The monoisotopic (exact) mass is 181 g/mol. The molecular formula is C5H16ClN3Si. The third-order valence-corrected chi connectivity index (χ3v) is 2.22. The number of hydrogen-bond acceptors (Lipinski definition) is 3. The largest absolute Gasteiger partial charge is 0.303 e. The lowest BCUT2D eigenvalue weighted by Gasteiger charge is -2.30. The Morgan fingerprint density at radius 3 is 1.70 bits per heavy atom. The third kappa shape index (κ3) is 3.53. The highest BCUT2D eigenvalue weighted by atomic mass is 35.6. The van der Waals surface area contributed by atoms with E-state index in [-0.39, 0.29) is 6.29 Å². The van der Waals surface area contributed by atoms with Gasteiger partial charge in [-0.05, 0) is 28.2 Å². The van der Waals surface area contributed by atoms with Gasteiger partial charge < -0.3 is 4.98 Å². The molecule has 0 aromatic heterocycles. The Bertz CT molecular complexity index is 81.0. The molecule has 62 valence electrons. The normalized spacial score (nSPS) is 13.2. The highest BCUT2D eigenvalue weighted by Gasteiger charge is 2.10. The van der Waals surface area contributed by atoms with E-state index in [2.05, 4.69) is 14.8 Å². The van der Waals surface area contributed by atoms with Crippen molar-refractivity contribution < 1.29 is 0 Å². The van der Waals surface area contributed by atoms with E-state index in [4.69, 9.17) is 11.1 Å². The molecule has 3 nitrogen and oxygen atoms in total. The summed E-state index contributed by atoms with van der Waals surface area (Å²) in [6, 6.07) is 0. The van der Waals surface area contributed by atoms with Gasteiger partial charge in [0.05, 0.1) is 0 Å². The third-order valence-electron chi connectivity index (χ3n) is 1.24. The summed E-state index contributed by atoms with van der Waals surface area (Å²) in [5, 5.41) is 0. The van der Waals surface area contributed by atoms with Gasteiger partial charge >= 0.3 is 0 Å². The van der Waals surface area contributed by atoms with Crippen LogP contribution in [0.3, 0.4) is 0 Å². The summed E-state index contributed by atoms with van der Waals surface area (Å²) < 4.78 is 0. The zero-order chi connectivity index (χ0) is 8.15. The van der Waals surface area contributed by atoms with Gasteiger partial charge in [0.15, 0.2) is 8.99 Å². The molecule has 0 atom stereocenters. The van der Waals surface area contributed by atoms with Gasteiger partial charge in [0.1, 0.15) is 6.29 Å². The molecule has 0 saturated carbocycles. The first kappa shape index (κ1) is 10.4. The summed E-state index contributed by atoms with van der Waals surface area (Å²) in [4.78, 5) is 7.42. The summed E-state index contributed by atoms with van der Waals surface area (Å²) in [5.74, 6) is 0. The molecule has 0 heterocycles. The predicted molar refractivity (Wildman–Crippen MR) is 48.7 cm³/mol. The SMILES string of the molecule is CN(C)C(N[SiH2]Cl)N(C)C. The number of nitrogens with one attached hydrogen (secondary N) is 1. The number of hydrogen-bond donors (Lipinski definition) is 1. The van der Waals surface area contributed by atoms with Crippen molar-refractivity contribution >= 4 is 20.1 Å². The van der Waals surface area contributed by atoms with Crippen LogP contribution < -0.4 is 4.98 Å². The van der Waals surface area contributed by atoms with E-state index in [1.165, 1.54) is 0 Å². The standard InChI is InChI=1S/C5H16ClN3Si/c1-8(2)5(7-10-6)9(3)4/h5,7H,10H2,1-4H3. The molecule has 0 rings (SSSR count). The topological polar surface area (TPSA) is 18.5 Å². The Hall–Kier alpha value is 0.387. The summed E-state index contributed by atoms with van der Waals surface area (Å²) in [7, 11) is 7.53. The smallest absolute Gasteiger partial charge is 0.197 e. The van der Waals surface area contributed by atoms with Crippen LogP contribution in [0.25, 0.3) is 0 Å². The maximum absolute atomic E-state index is 5.66. The second-order valence-electron chi connectivity index (χ2n) is 2.64. The summed E-state index contributed by atoms with van der Waals surface area (Å²) in [6.07, 6.45) is 0.282. The zero-order valence-corrected chi connectivity index (χ0v) is 9.23. The Kier molecular flexibility index (Phi) is 5.29. The first-order valence-corrected chi connectivity index (χ1v) is 6.06. The Morgan fingerprint density at radius 2 is 1.60 bits per heavy atom. The van der Waals surface area contributed by atoms with Crippen LogP contribution in [0.2, 0.25) is 0 Å².